The molecule has 5 heteroatoms. The lowest BCUT2D eigenvalue weighted by Gasteiger charge is -2.38. The average Bonchev–Trinajstić information content (AvgIpc) is 2.98. The van der Waals surface area contributed by atoms with Crippen molar-refractivity contribution >= 4 is 17.9 Å². The van der Waals surface area contributed by atoms with Crippen LogP contribution in [0.5, 0.6) is 0 Å². The van der Waals surface area contributed by atoms with Crippen LogP contribution in [0.4, 0.5) is 0 Å². The van der Waals surface area contributed by atoms with Gasteiger partial charge in [-0.3, -0.25) is 9.59 Å². The molecular weight excluding hydrogens is 326 g/mol. The summed E-state index contributed by atoms with van der Waals surface area (Å²) in [5, 5.41) is 3.63. The van der Waals surface area contributed by atoms with Gasteiger partial charge in [-0.05, 0) is 42.9 Å². The van der Waals surface area contributed by atoms with Crippen LogP contribution < -0.4 is 5.32 Å². The second-order valence-corrected chi connectivity index (χ2v) is 7.86. The van der Waals surface area contributed by atoms with E-state index in [1.165, 1.54) is 12.8 Å². The molecule has 3 heterocycles. The van der Waals surface area contributed by atoms with Crippen LogP contribution in [0.3, 0.4) is 0 Å². The number of fused-ring (bicyclic) bond motifs is 3. The summed E-state index contributed by atoms with van der Waals surface area (Å²) >= 11 is 0. The van der Waals surface area contributed by atoms with Crippen molar-refractivity contribution < 1.29 is 9.59 Å². The second kappa shape index (κ2) is 6.88. The Bertz CT molecular complexity index is 733. The molecular formula is C21H27N3O2. The summed E-state index contributed by atoms with van der Waals surface area (Å²) < 4.78 is 0. The van der Waals surface area contributed by atoms with Gasteiger partial charge in [-0.2, -0.15) is 0 Å². The number of rotatable bonds is 3. The monoisotopic (exact) mass is 353 g/mol. The van der Waals surface area contributed by atoms with Crippen LogP contribution in [-0.4, -0.2) is 46.8 Å². The minimum atomic E-state index is -0.220. The van der Waals surface area contributed by atoms with Gasteiger partial charge >= 0.3 is 0 Å². The molecule has 2 bridgehead atoms. The van der Waals surface area contributed by atoms with Gasteiger partial charge in [-0.15, -0.1) is 0 Å². The third-order valence-corrected chi connectivity index (χ3v) is 6.23. The molecule has 0 aliphatic carbocycles. The number of carbonyl (C=O) groups excluding carboxylic acids is 2. The number of nitrogens with one attached hydrogen (secondary N) is 1. The molecule has 2 fully saturated rings. The first kappa shape index (κ1) is 17.3. The van der Waals surface area contributed by atoms with Gasteiger partial charge in [0.15, 0.2) is 0 Å². The zero-order valence-corrected chi connectivity index (χ0v) is 15.5. The van der Waals surface area contributed by atoms with E-state index in [4.69, 9.17) is 0 Å². The molecule has 2 saturated heterocycles. The van der Waals surface area contributed by atoms with Crippen molar-refractivity contribution in [1.82, 2.24) is 15.1 Å². The topological polar surface area (TPSA) is 52.7 Å². The highest BCUT2D eigenvalue weighted by Crippen LogP contribution is 2.34. The first-order valence-corrected chi connectivity index (χ1v) is 9.60. The Morgan fingerprint density at radius 1 is 1.19 bits per heavy atom. The van der Waals surface area contributed by atoms with Crippen LogP contribution in [0.1, 0.15) is 56.2 Å². The summed E-state index contributed by atoms with van der Waals surface area (Å²) in [6, 6.07) is 9.22. The summed E-state index contributed by atoms with van der Waals surface area (Å²) in [6.07, 6.45) is 8.62. The highest BCUT2D eigenvalue weighted by molar-refractivity contribution is 5.82. The summed E-state index contributed by atoms with van der Waals surface area (Å²) in [7, 11) is 1.93. The van der Waals surface area contributed by atoms with E-state index in [1.54, 1.807) is 11.8 Å². The van der Waals surface area contributed by atoms with Gasteiger partial charge in [-0.1, -0.05) is 24.3 Å². The molecule has 0 aromatic heterocycles. The molecule has 3 aliphatic heterocycles. The molecule has 1 aromatic rings. The number of hydrogen-bond donors (Lipinski definition) is 1. The molecule has 3 unspecified atom stereocenters. The van der Waals surface area contributed by atoms with Gasteiger partial charge in [0.05, 0.1) is 12.5 Å². The molecule has 0 spiro atoms. The fourth-order valence-corrected chi connectivity index (χ4v) is 4.77. The number of hydrogen-bond acceptors (Lipinski definition) is 3. The van der Waals surface area contributed by atoms with E-state index in [9.17, 15) is 9.59 Å². The Hall–Kier alpha value is -2.14. The van der Waals surface area contributed by atoms with Crippen molar-refractivity contribution in [2.45, 2.75) is 63.2 Å². The van der Waals surface area contributed by atoms with Crippen LogP contribution in [0.25, 0.3) is 6.08 Å². The average molecular weight is 353 g/mol. The van der Waals surface area contributed by atoms with Crippen molar-refractivity contribution in [1.29, 1.82) is 0 Å². The Morgan fingerprint density at radius 2 is 1.88 bits per heavy atom. The van der Waals surface area contributed by atoms with E-state index in [2.05, 4.69) is 5.32 Å². The van der Waals surface area contributed by atoms with Crippen molar-refractivity contribution in [3.8, 4) is 0 Å². The highest BCUT2D eigenvalue weighted by Gasteiger charge is 2.37. The van der Waals surface area contributed by atoms with Crippen molar-refractivity contribution in [3.05, 3.63) is 41.6 Å². The smallest absolute Gasteiger partial charge is 0.225 e. The predicted octanol–water partition coefficient (Wildman–Crippen LogP) is 2.69. The molecule has 2 amide bonds. The third kappa shape index (κ3) is 3.16. The van der Waals surface area contributed by atoms with Gasteiger partial charge < -0.3 is 15.1 Å². The summed E-state index contributed by atoms with van der Waals surface area (Å²) in [4.78, 5) is 28.8. The molecule has 26 heavy (non-hydrogen) atoms. The van der Waals surface area contributed by atoms with Crippen molar-refractivity contribution in [2.24, 2.45) is 0 Å². The maximum Gasteiger partial charge on any atom is 0.225 e. The molecule has 3 aliphatic rings. The van der Waals surface area contributed by atoms with Gasteiger partial charge in [0, 0.05) is 38.3 Å². The highest BCUT2D eigenvalue weighted by atomic mass is 16.2. The number of piperidine rings is 1. The molecule has 4 rings (SSSR count). The summed E-state index contributed by atoms with van der Waals surface area (Å²) in [6.45, 7) is 1.56. The van der Waals surface area contributed by atoms with Gasteiger partial charge in [0.2, 0.25) is 11.8 Å². The Balaban J connectivity index is 1.51. The van der Waals surface area contributed by atoms with Crippen molar-refractivity contribution in [2.75, 3.05) is 7.05 Å². The van der Waals surface area contributed by atoms with Crippen LogP contribution in [0.15, 0.2) is 30.5 Å². The normalized spacial score (nSPS) is 29.4. The lowest BCUT2D eigenvalue weighted by atomic mass is 9.92. The number of amides is 2. The second-order valence-electron chi connectivity index (χ2n) is 7.86. The minimum Gasteiger partial charge on any atom is -0.343 e. The molecule has 3 atom stereocenters. The lowest BCUT2D eigenvalue weighted by molar-refractivity contribution is -0.135. The SMILES string of the molecule is CC(=O)N1C=Cc2ccccc2C1CC(=O)N(C)C1CC2CCC(C1)N2. The first-order valence-electron chi connectivity index (χ1n) is 9.60. The summed E-state index contributed by atoms with van der Waals surface area (Å²) in [5.41, 5.74) is 2.14. The number of benzene rings is 1. The largest absolute Gasteiger partial charge is 0.343 e. The maximum atomic E-state index is 13.1. The quantitative estimate of drug-likeness (QED) is 0.909. The lowest BCUT2D eigenvalue weighted by Crippen LogP contribution is -2.49. The van der Waals surface area contributed by atoms with Crippen molar-refractivity contribution in [3.63, 3.8) is 0 Å². The third-order valence-electron chi connectivity index (χ3n) is 6.23. The standard InChI is InChI=1S/C21H27N3O2/c1-14(25)24-10-9-15-5-3-4-6-19(15)20(24)13-21(26)23(2)18-11-16-7-8-17(12-18)22-16/h3-6,9-10,16-18,20,22H,7-8,11-13H2,1-2H3. The van der Waals surface area contributed by atoms with E-state index in [0.29, 0.717) is 24.5 Å². The number of nitrogens with zero attached hydrogens (tertiary/aromatic N) is 2. The fraction of sp³-hybridized carbons (Fsp3) is 0.524. The van der Waals surface area contributed by atoms with Crippen LogP contribution >= 0.6 is 0 Å². The zero-order valence-electron chi connectivity index (χ0n) is 15.5. The molecule has 1 aromatic carbocycles. The Labute approximate surface area is 155 Å². The first-order chi connectivity index (χ1) is 12.5. The summed E-state index contributed by atoms with van der Waals surface area (Å²) in [5.74, 6) is 0.0915. The minimum absolute atomic E-state index is 0.0314. The predicted molar refractivity (Wildman–Crippen MR) is 101 cm³/mol. The van der Waals surface area contributed by atoms with Gasteiger partial charge in [0.25, 0.3) is 0 Å². The van der Waals surface area contributed by atoms with E-state index < -0.39 is 0 Å². The number of carbonyl (C=O) groups is 2. The molecule has 0 radical (unpaired) electrons. The van der Waals surface area contributed by atoms with Crippen LogP contribution in [0, 0.1) is 0 Å². The van der Waals surface area contributed by atoms with E-state index in [1.807, 2.05) is 48.5 Å². The van der Waals surface area contributed by atoms with E-state index in [-0.39, 0.29) is 17.9 Å². The van der Waals surface area contributed by atoms with Gasteiger partial charge in [-0.25, -0.2) is 0 Å². The zero-order chi connectivity index (χ0) is 18.3. The fourth-order valence-electron chi connectivity index (χ4n) is 4.77. The molecule has 1 N–H and O–H groups in total. The molecule has 0 saturated carbocycles. The molecule has 5 nitrogen and oxygen atoms in total. The van der Waals surface area contributed by atoms with E-state index >= 15 is 0 Å². The van der Waals surface area contributed by atoms with E-state index in [0.717, 1.165) is 24.0 Å². The Morgan fingerprint density at radius 3 is 2.58 bits per heavy atom. The van der Waals surface area contributed by atoms with Gasteiger partial charge in [0.1, 0.15) is 0 Å². The van der Waals surface area contributed by atoms with Crippen LogP contribution in [-0.2, 0) is 9.59 Å². The maximum absolute atomic E-state index is 13.1. The Kier molecular flexibility index (Phi) is 4.57. The van der Waals surface area contributed by atoms with Crippen LogP contribution in [0.2, 0.25) is 0 Å². The molecule has 138 valence electrons.